The first-order chi connectivity index (χ1) is 16.9. The van der Waals surface area contributed by atoms with Crippen LogP contribution in [-0.2, 0) is 32.2 Å². The molecule has 0 atom stereocenters. The summed E-state index contributed by atoms with van der Waals surface area (Å²) in [7, 11) is 1.31. The van der Waals surface area contributed by atoms with Gasteiger partial charge in [0.2, 0.25) is 0 Å². The van der Waals surface area contributed by atoms with E-state index in [2.05, 4.69) is 0 Å². The fourth-order valence-electron chi connectivity index (χ4n) is 3.61. The Balaban J connectivity index is 1.81. The molecule has 2 aromatic carbocycles. The van der Waals surface area contributed by atoms with Crippen molar-refractivity contribution in [2.24, 2.45) is 0 Å². The van der Waals surface area contributed by atoms with Gasteiger partial charge in [-0.1, -0.05) is 23.7 Å². The molecule has 10 heteroatoms. The van der Waals surface area contributed by atoms with Crippen molar-refractivity contribution in [3.8, 4) is 5.75 Å². The van der Waals surface area contributed by atoms with Crippen molar-refractivity contribution in [1.29, 1.82) is 0 Å². The van der Waals surface area contributed by atoms with E-state index in [9.17, 15) is 14.4 Å². The van der Waals surface area contributed by atoms with E-state index in [1.54, 1.807) is 49.4 Å². The zero-order valence-electron chi connectivity index (χ0n) is 19.0. The number of carbonyl (C=O) groups is 2. The topological polar surface area (TPSA) is 93.1 Å². The predicted octanol–water partition coefficient (Wildman–Crippen LogP) is 2.44. The van der Waals surface area contributed by atoms with Crippen LogP contribution in [0.3, 0.4) is 0 Å². The maximum Gasteiger partial charge on any atom is 0.337 e. The zero-order chi connectivity index (χ0) is 24.9. The third-order valence-corrected chi connectivity index (χ3v) is 6.45. The molecule has 0 amide bonds. The lowest BCUT2D eigenvalue weighted by atomic mass is 10.1. The van der Waals surface area contributed by atoms with E-state index in [1.807, 2.05) is 0 Å². The molecule has 0 saturated carbocycles. The minimum absolute atomic E-state index is 0.0998. The molecule has 0 spiro atoms. The highest BCUT2D eigenvalue weighted by Gasteiger charge is 2.18. The second kappa shape index (κ2) is 10.9. The molecule has 2 heterocycles. The number of halogens is 1. The minimum Gasteiger partial charge on any atom is -0.467 e. The Morgan fingerprint density at radius 2 is 2.00 bits per heavy atom. The van der Waals surface area contributed by atoms with Crippen molar-refractivity contribution < 1.29 is 28.5 Å². The Hall–Kier alpha value is -3.40. The van der Waals surface area contributed by atoms with Crippen LogP contribution in [-0.4, -0.2) is 37.0 Å². The van der Waals surface area contributed by atoms with Crippen LogP contribution in [0.2, 0.25) is 5.02 Å². The van der Waals surface area contributed by atoms with Gasteiger partial charge in [-0.05, 0) is 42.8 Å². The second-order valence-corrected chi connectivity index (χ2v) is 9.01. The lowest BCUT2D eigenvalue weighted by molar-refractivity contribution is -0.135. The van der Waals surface area contributed by atoms with Crippen LogP contribution in [0.4, 0.5) is 0 Å². The van der Waals surface area contributed by atoms with Gasteiger partial charge < -0.3 is 18.9 Å². The molecular formula is C25H22ClNO7S. The molecule has 1 aromatic heterocycles. The van der Waals surface area contributed by atoms with Crippen LogP contribution in [0.15, 0.2) is 41.2 Å². The van der Waals surface area contributed by atoms with Gasteiger partial charge in [0.1, 0.15) is 10.4 Å². The predicted molar refractivity (Wildman–Crippen MR) is 131 cm³/mol. The monoisotopic (exact) mass is 515 g/mol. The first-order valence-corrected chi connectivity index (χ1v) is 11.9. The summed E-state index contributed by atoms with van der Waals surface area (Å²) >= 11 is 7.45. The first kappa shape index (κ1) is 24.7. The Labute approximate surface area is 209 Å². The van der Waals surface area contributed by atoms with Gasteiger partial charge in [0.15, 0.2) is 6.79 Å². The van der Waals surface area contributed by atoms with E-state index < -0.39 is 11.9 Å². The highest BCUT2D eigenvalue weighted by Crippen LogP contribution is 2.31. The minimum atomic E-state index is -0.547. The number of thiazole rings is 1. The summed E-state index contributed by atoms with van der Waals surface area (Å²) in [6, 6.07) is 10.2. The molecule has 3 aromatic rings. The number of methoxy groups -OCH3 is 1. The van der Waals surface area contributed by atoms with Crippen molar-refractivity contribution in [1.82, 2.24) is 4.57 Å². The van der Waals surface area contributed by atoms with Crippen LogP contribution in [0.1, 0.15) is 34.0 Å². The van der Waals surface area contributed by atoms with Crippen molar-refractivity contribution in [3.63, 3.8) is 0 Å². The normalized spacial score (nSPS) is 13.8. The Bertz CT molecular complexity index is 1440. The molecule has 0 fully saturated rings. The lowest BCUT2D eigenvalue weighted by Gasteiger charge is -2.21. The van der Waals surface area contributed by atoms with Gasteiger partial charge in [-0.15, -0.1) is 11.3 Å². The van der Waals surface area contributed by atoms with E-state index >= 15 is 0 Å². The standard InChI is InChI=1S/C25H22ClNO7S/c1-3-33-22(28)11-21-27(12-17-9-19(26)10-18-13-32-14-34-23(17)18)24(29)20(35-21)8-15-4-6-16(7-5-15)25(30)31-2/h4-11H,3,12-14H2,1-2H3/b20-8-,21-11+. The molecule has 0 radical (unpaired) electrons. The van der Waals surface area contributed by atoms with Gasteiger partial charge in [0.25, 0.3) is 5.56 Å². The molecule has 8 nitrogen and oxygen atoms in total. The molecule has 182 valence electrons. The SMILES string of the molecule is CCOC(=O)/C=c1/s/c(=C\c2ccc(C(=O)OC)cc2)c(=O)n1Cc1cc(Cl)cc2c1OCOC2. The van der Waals surface area contributed by atoms with E-state index in [0.717, 1.165) is 16.9 Å². The van der Waals surface area contributed by atoms with Gasteiger partial charge in [-0.3, -0.25) is 9.36 Å². The fraction of sp³-hybridized carbons (Fsp3) is 0.240. The number of hydrogen-bond acceptors (Lipinski definition) is 8. The average molecular weight is 516 g/mol. The maximum atomic E-state index is 13.4. The van der Waals surface area contributed by atoms with Crippen LogP contribution < -0.4 is 19.5 Å². The summed E-state index contributed by atoms with van der Waals surface area (Å²) in [5.74, 6) is -0.377. The van der Waals surface area contributed by atoms with Crippen LogP contribution in [0.5, 0.6) is 5.75 Å². The summed E-state index contributed by atoms with van der Waals surface area (Å²) in [6.07, 6.45) is 3.00. The van der Waals surface area contributed by atoms with E-state index in [4.69, 9.17) is 30.5 Å². The second-order valence-electron chi connectivity index (χ2n) is 7.51. The number of esters is 2. The van der Waals surface area contributed by atoms with Crippen LogP contribution >= 0.6 is 22.9 Å². The zero-order valence-corrected chi connectivity index (χ0v) is 20.6. The van der Waals surface area contributed by atoms with E-state index in [0.29, 0.717) is 43.3 Å². The molecule has 1 aliphatic heterocycles. The number of carbonyl (C=O) groups excluding carboxylic acids is 2. The molecular weight excluding hydrogens is 494 g/mol. The third kappa shape index (κ3) is 5.64. The molecule has 4 rings (SSSR count). The van der Waals surface area contributed by atoms with Crippen molar-refractivity contribution in [2.75, 3.05) is 20.5 Å². The van der Waals surface area contributed by atoms with Gasteiger partial charge in [0.05, 0.1) is 43.0 Å². The van der Waals surface area contributed by atoms with Crippen molar-refractivity contribution in [3.05, 3.63) is 83.2 Å². The summed E-state index contributed by atoms with van der Waals surface area (Å²) in [5, 5.41) is 0.490. The molecule has 35 heavy (non-hydrogen) atoms. The Morgan fingerprint density at radius 3 is 2.71 bits per heavy atom. The highest BCUT2D eigenvalue weighted by molar-refractivity contribution is 7.07. The number of rotatable bonds is 6. The van der Waals surface area contributed by atoms with Gasteiger partial charge >= 0.3 is 11.9 Å². The van der Waals surface area contributed by atoms with Gasteiger partial charge in [-0.25, -0.2) is 9.59 Å². The average Bonchev–Trinajstić information content (AvgIpc) is 3.12. The third-order valence-electron chi connectivity index (χ3n) is 5.17. The number of fused-ring (bicyclic) bond motifs is 1. The fourth-order valence-corrected chi connectivity index (χ4v) is 4.90. The summed E-state index contributed by atoms with van der Waals surface area (Å²) in [5.41, 5.74) is 2.31. The molecule has 1 aliphatic rings. The quantitative estimate of drug-likeness (QED) is 0.465. The largest absolute Gasteiger partial charge is 0.467 e. The summed E-state index contributed by atoms with van der Waals surface area (Å²) < 4.78 is 23.1. The number of hydrogen-bond donors (Lipinski definition) is 0. The Morgan fingerprint density at radius 1 is 1.23 bits per heavy atom. The number of aromatic nitrogens is 1. The number of ether oxygens (including phenoxy) is 4. The van der Waals surface area contributed by atoms with Crippen LogP contribution in [0.25, 0.3) is 12.2 Å². The maximum absolute atomic E-state index is 13.4. The van der Waals surface area contributed by atoms with Gasteiger partial charge in [-0.2, -0.15) is 0 Å². The van der Waals surface area contributed by atoms with Crippen molar-refractivity contribution in [2.45, 2.75) is 20.1 Å². The van der Waals surface area contributed by atoms with Gasteiger partial charge in [0, 0.05) is 16.1 Å². The van der Waals surface area contributed by atoms with E-state index in [1.165, 1.54) is 17.8 Å². The molecule has 0 unspecified atom stereocenters. The number of benzene rings is 2. The van der Waals surface area contributed by atoms with Crippen molar-refractivity contribution >= 4 is 47.0 Å². The summed E-state index contributed by atoms with van der Waals surface area (Å²) in [4.78, 5) is 37.3. The smallest absolute Gasteiger partial charge is 0.337 e. The van der Waals surface area contributed by atoms with E-state index in [-0.39, 0.29) is 25.5 Å². The molecule has 0 aliphatic carbocycles. The Kier molecular flexibility index (Phi) is 7.70. The molecule has 0 saturated heterocycles. The number of nitrogens with zero attached hydrogens (tertiary/aromatic N) is 1. The first-order valence-electron chi connectivity index (χ1n) is 10.7. The summed E-state index contributed by atoms with van der Waals surface area (Å²) in [6.45, 7) is 2.51. The molecule has 0 N–H and O–H groups in total. The lowest BCUT2D eigenvalue weighted by Crippen LogP contribution is -2.32. The molecule has 0 bridgehead atoms. The highest BCUT2D eigenvalue weighted by atomic mass is 35.5. The van der Waals surface area contributed by atoms with Crippen LogP contribution in [0, 0.1) is 0 Å².